The molecular formula is C74H116O6. The summed E-state index contributed by atoms with van der Waals surface area (Å²) in [4.78, 5) is 38.2. The molecule has 0 aromatic heterocycles. The minimum absolute atomic E-state index is 0.106. The molecule has 0 saturated carbocycles. The molecule has 0 heterocycles. The van der Waals surface area contributed by atoms with E-state index in [1.807, 2.05) is 0 Å². The third-order valence-electron chi connectivity index (χ3n) is 13.0. The maximum Gasteiger partial charge on any atom is 0.306 e. The summed E-state index contributed by atoms with van der Waals surface area (Å²) in [6.45, 7) is 6.33. The molecule has 0 aliphatic rings. The number of carbonyl (C=O) groups is 3. The molecule has 1 unspecified atom stereocenters. The molecule has 6 heteroatoms. The summed E-state index contributed by atoms with van der Waals surface area (Å²) in [5.41, 5.74) is 0. The minimum atomic E-state index is -0.815. The largest absolute Gasteiger partial charge is 0.462 e. The average Bonchev–Trinajstić information content (AvgIpc) is 3.46. The zero-order valence-electron chi connectivity index (χ0n) is 51.3. The summed E-state index contributed by atoms with van der Waals surface area (Å²) in [6.07, 6.45) is 97.9. The molecule has 0 aliphatic carbocycles. The van der Waals surface area contributed by atoms with E-state index in [0.717, 1.165) is 148 Å². The fraction of sp³-hybridized carbons (Fsp3) is 0.581. The van der Waals surface area contributed by atoms with Crippen molar-refractivity contribution in [2.75, 3.05) is 13.2 Å². The Labute approximate surface area is 492 Å². The van der Waals surface area contributed by atoms with Crippen molar-refractivity contribution in [1.29, 1.82) is 0 Å². The van der Waals surface area contributed by atoms with Crippen LogP contribution in [0, 0.1) is 0 Å². The van der Waals surface area contributed by atoms with Gasteiger partial charge in [-0.1, -0.05) is 281 Å². The second kappa shape index (κ2) is 66.3. The Bertz CT molecular complexity index is 1840. The first-order chi connectivity index (χ1) is 39.5. The summed E-state index contributed by atoms with van der Waals surface area (Å²) in [7, 11) is 0. The first kappa shape index (κ1) is 74.8. The average molecular weight is 1100 g/mol. The normalized spacial score (nSPS) is 13.3. The number of ether oxygens (including phenoxy) is 3. The molecule has 0 fully saturated rings. The maximum absolute atomic E-state index is 12.9. The minimum Gasteiger partial charge on any atom is -0.462 e. The molecule has 6 nitrogen and oxygen atoms in total. The molecule has 0 amide bonds. The van der Waals surface area contributed by atoms with Crippen molar-refractivity contribution in [3.63, 3.8) is 0 Å². The van der Waals surface area contributed by atoms with E-state index in [0.29, 0.717) is 19.3 Å². The van der Waals surface area contributed by atoms with Crippen molar-refractivity contribution >= 4 is 17.9 Å². The van der Waals surface area contributed by atoms with Gasteiger partial charge in [0.05, 0.1) is 0 Å². The molecule has 0 radical (unpaired) electrons. The summed E-state index contributed by atoms with van der Waals surface area (Å²) in [6, 6.07) is 0. The van der Waals surface area contributed by atoms with Crippen LogP contribution < -0.4 is 0 Å². The predicted molar refractivity (Wildman–Crippen MR) is 348 cm³/mol. The Morgan fingerprint density at radius 2 is 0.500 bits per heavy atom. The Morgan fingerprint density at radius 1 is 0.263 bits per heavy atom. The van der Waals surface area contributed by atoms with E-state index in [-0.39, 0.29) is 37.5 Å². The van der Waals surface area contributed by atoms with Crippen molar-refractivity contribution < 1.29 is 28.6 Å². The van der Waals surface area contributed by atoms with E-state index in [2.05, 4.69) is 191 Å². The molecule has 0 bridgehead atoms. The molecule has 0 spiro atoms. The van der Waals surface area contributed by atoms with Gasteiger partial charge in [0.2, 0.25) is 0 Å². The SMILES string of the molecule is CC/C=C\C/C=C\C/C=C\C/C=C\C/C=C\C/C=C\C/C=C\C/C=C\C/C=C\CCCC(=O)OCC(COC(=O)CCCCCCCCCCCC)OC(=O)CCCCCCCCC/C=C\C/C=C\C/C=C\C/C=C\C/C=C\CC. The van der Waals surface area contributed by atoms with Gasteiger partial charge in [-0.2, -0.15) is 0 Å². The zero-order chi connectivity index (χ0) is 57.8. The fourth-order valence-corrected chi connectivity index (χ4v) is 8.23. The van der Waals surface area contributed by atoms with Crippen LogP contribution in [0.4, 0.5) is 0 Å². The molecule has 448 valence electrons. The van der Waals surface area contributed by atoms with E-state index in [1.54, 1.807) is 0 Å². The van der Waals surface area contributed by atoms with E-state index in [4.69, 9.17) is 14.2 Å². The van der Waals surface area contributed by atoms with Gasteiger partial charge in [0, 0.05) is 19.3 Å². The van der Waals surface area contributed by atoms with E-state index < -0.39 is 6.10 Å². The van der Waals surface area contributed by atoms with Crippen LogP contribution >= 0.6 is 0 Å². The number of rotatable bonds is 56. The smallest absolute Gasteiger partial charge is 0.306 e. The Hall–Kier alpha value is -5.23. The van der Waals surface area contributed by atoms with Crippen LogP contribution in [0.25, 0.3) is 0 Å². The lowest BCUT2D eigenvalue weighted by molar-refractivity contribution is -0.167. The number of allylic oxidation sites excluding steroid dienone is 28. The second-order valence-corrected chi connectivity index (χ2v) is 20.6. The second-order valence-electron chi connectivity index (χ2n) is 20.6. The van der Waals surface area contributed by atoms with Crippen molar-refractivity contribution in [1.82, 2.24) is 0 Å². The van der Waals surface area contributed by atoms with Gasteiger partial charge in [0.25, 0.3) is 0 Å². The molecule has 0 aliphatic heterocycles. The molecule has 0 rings (SSSR count). The molecule has 1 atom stereocenters. The van der Waals surface area contributed by atoms with E-state index in [1.165, 1.54) is 64.2 Å². The summed E-state index contributed by atoms with van der Waals surface area (Å²) < 4.78 is 16.8. The third-order valence-corrected chi connectivity index (χ3v) is 13.0. The molecule has 0 saturated heterocycles. The predicted octanol–water partition coefficient (Wildman–Crippen LogP) is 22.3. The fourth-order valence-electron chi connectivity index (χ4n) is 8.23. The Balaban J connectivity index is 4.42. The molecule has 0 aromatic carbocycles. The molecule has 0 aromatic rings. The van der Waals surface area contributed by atoms with E-state index in [9.17, 15) is 14.4 Å². The lowest BCUT2D eigenvalue weighted by Gasteiger charge is -2.18. The van der Waals surface area contributed by atoms with Crippen molar-refractivity contribution in [3.8, 4) is 0 Å². The number of hydrogen-bond donors (Lipinski definition) is 0. The highest BCUT2D eigenvalue weighted by molar-refractivity contribution is 5.71. The highest BCUT2D eigenvalue weighted by atomic mass is 16.6. The van der Waals surface area contributed by atoms with Crippen molar-refractivity contribution in [3.05, 3.63) is 170 Å². The van der Waals surface area contributed by atoms with Gasteiger partial charge < -0.3 is 14.2 Å². The van der Waals surface area contributed by atoms with Crippen LogP contribution in [-0.4, -0.2) is 37.2 Å². The van der Waals surface area contributed by atoms with Crippen LogP contribution in [0.2, 0.25) is 0 Å². The topological polar surface area (TPSA) is 78.9 Å². The van der Waals surface area contributed by atoms with Crippen LogP contribution in [0.1, 0.15) is 258 Å². The maximum atomic E-state index is 12.9. The number of carbonyl (C=O) groups excluding carboxylic acids is 3. The zero-order valence-corrected chi connectivity index (χ0v) is 51.3. The summed E-state index contributed by atoms with van der Waals surface area (Å²) >= 11 is 0. The Morgan fingerprint density at radius 3 is 0.812 bits per heavy atom. The van der Waals surface area contributed by atoms with Crippen LogP contribution in [0.15, 0.2) is 170 Å². The van der Waals surface area contributed by atoms with E-state index >= 15 is 0 Å². The van der Waals surface area contributed by atoms with Gasteiger partial charge in [-0.15, -0.1) is 0 Å². The Kier molecular flexibility index (Phi) is 61.9. The quantitative estimate of drug-likeness (QED) is 0.0261. The molecular weight excluding hydrogens is 985 g/mol. The first-order valence-electron chi connectivity index (χ1n) is 32.1. The van der Waals surface area contributed by atoms with Gasteiger partial charge in [-0.25, -0.2) is 0 Å². The molecule has 80 heavy (non-hydrogen) atoms. The third kappa shape index (κ3) is 63.6. The van der Waals surface area contributed by atoms with Gasteiger partial charge in [-0.3, -0.25) is 14.4 Å². The van der Waals surface area contributed by atoms with Crippen molar-refractivity contribution in [2.45, 2.75) is 264 Å². The van der Waals surface area contributed by atoms with Crippen molar-refractivity contribution in [2.24, 2.45) is 0 Å². The number of unbranched alkanes of at least 4 members (excludes halogenated alkanes) is 17. The van der Waals surface area contributed by atoms with Gasteiger partial charge in [0.1, 0.15) is 13.2 Å². The van der Waals surface area contributed by atoms with Gasteiger partial charge in [0.15, 0.2) is 6.10 Å². The van der Waals surface area contributed by atoms with Gasteiger partial charge in [-0.05, 0) is 128 Å². The lowest BCUT2D eigenvalue weighted by atomic mass is 10.1. The molecule has 0 N–H and O–H groups in total. The van der Waals surface area contributed by atoms with Crippen LogP contribution in [0.3, 0.4) is 0 Å². The highest BCUT2D eigenvalue weighted by Gasteiger charge is 2.19. The number of hydrogen-bond acceptors (Lipinski definition) is 6. The summed E-state index contributed by atoms with van der Waals surface area (Å²) in [5, 5.41) is 0. The van der Waals surface area contributed by atoms with Gasteiger partial charge >= 0.3 is 17.9 Å². The lowest BCUT2D eigenvalue weighted by Crippen LogP contribution is -2.30. The number of esters is 3. The summed E-state index contributed by atoms with van der Waals surface area (Å²) in [5.74, 6) is -0.987. The van der Waals surface area contributed by atoms with Crippen LogP contribution in [-0.2, 0) is 28.6 Å². The standard InChI is InChI=1S/C74H116O6/c1-4-7-10-13-16-19-22-24-26-28-30-32-34-35-36-37-38-39-41-42-44-46-48-50-52-55-58-61-64-67-73(76)79-70-71(69-78-72(75)66-63-60-57-54-21-18-15-12-9-6-3)80-74(77)68-65-62-59-56-53-51-49-47-45-43-40-33-31-29-27-25-23-20-17-14-11-8-5-2/h7-8,10-11,16-17,19-20,24-27,30-33,35-36,38-39,42-45,48,50,55,58,71H,4-6,9,12-15,18,21-23,28-29,34,37,40-41,46-47,49,51-54,56-57,59-70H2,1-3H3/b10-7-,11-8-,19-16-,20-17-,26-24-,27-25-,32-30-,33-31-,36-35-,39-38-,44-42-,45-43-,50-48-,58-55-. The first-order valence-corrected chi connectivity index (χ1v) is 32.1. The monoisotopic (exact) mass is 1100 g/mol. The van der Waals surface area contributed by atoms with Crippen LogP contribution in [0.5, 0.6) is 0 Å². The highest BCUT2D eigenvalue weighted by Crippen LogP contribution is 2.14.